The SMILES string of the molecule is O=C1c2c(nc3cc(C(F)(F)F)ccc3c2OCc2ccccc2Cl)-c2cccn21. The third-order valence-electron chi connectivity index (χ3n) is 5.02. The lowest BCUT2D eigenvalue weighted by Gasteiger charge is -2.15. The lowest BCUT2D eigenvalue weighted by atomic mass is 10.0. The molecule has 0 N–H and O–H groups in total. The molecule has 30 heavy (non-hydrogen) atoms. The third-order valence-corrected chi connectivity index (χ3v) is 5.39. The summed E-state index contributed by atoms with van der Waals surface area (Å²) in [5.41, 5.74) is 1.00. The summed E-state index contributed by atoms with van der Waals surface area (Å²) in [4.78, 5) is 17.3. The number of benzene rings is 2. The van der Waals surface area contributed by atoms with Gasteiger partial charge in [0.25, 0.3) is 5.91 Å². The Kier molecular flexibility index (Phi) is 4.11. The Labute approximate surface area is 173 Å². The van der Waals surface area contributed by atoms with Crippen LogP contribution in [0.1, 0.15) is 21.5 Å². The highest BCUT2D eigenvalue weighted by atomic mass is 35.5. The highest BCUT2D eigenvalue weighted by Gasteiger charge is 2.35. The van der Waals surface area contributed by atoms with Crippen molar-refractivity contribution in [2.45, 2.75) is 12.8 Å². The van der Waals surface area contributed by atoms with E-state index in [0.29, 0.717) is 27.4 Å². The highest BCUT2D eigenvalue weighted by molar-refractivity contribution is 6.31. The molecule has 150 valence electrons. The Bertz CT molecular complexity index is 1330. The number of carbonyl (C=O) groups is 1. The van der Waals surface area contributed by atoms with Crippen molar-refractivity contribution in [2.24, 2.45) is 0 Å². The molecule has 0 saturated carbocycles. The van der Waals surface area contributed by atoms with Gasteiger partial charge in [0.15, 0.2) is 0 Å². The van der Waals surface area contributed by atoms with Gasteiger partial charge in [0.1, 0.15) is 23.6 Å². The zero-order valence-electron chi connectivity index (χ0n) is 15.2. The normalized spacial score (nSPS) is 12.9. The van der Waals surface area contributed by atoms with Crippen molar-refractivity contribution in [2.75, 3.05) is 0 Å². The molecule has 1 aliphatic rings. The molecule has 0 amide bonds. The zero-order valence-corrected chi connectivity index (χ0v) is 16.0. The van der Waals surface area contributed by atoms with Gasteiger partial charge in [0.05, 0.1) is 16.8 Å². The van der Waals surface area contributed by atoms with Crippen LogP contribution in [0.3, 0.4) is 0 Å². The summed E-state index contributed by atoms with van der Waals surface area (Å²) in [6.45, 7) is 0.0500. The molecule has 0 saturated heterocycles. The van der Waals surface area contributed by atoms with Gasteiger partial charge in [-0.25, -0.2) is 4.98 Å². The second-order valence-corrected chi connectivity index (χ2v) is 7.25. The maximum atomic E-state index is 13.2. The van der Waals surface area contributed by atoms with Gasteiger partial charge in [-0.15, -0.1) is 0 Å². The Morgan fingerprint density at radius 2 is 1.87 bits per heavy atom. The highest BCUT2D eigenvalue weighted by Crippen LogP contribution is 2.42. The minimum atomic E-state index is -4.51. The number of hydrogen-bond acceptors (Lipinski definition) is 3. The van der Waals surface area contributed by atoms with E-state index < -0.39 is 11.7 Å². The largest absolute Gasteiger partial charge is 0.487 e. The summed E-state index contributed by atoms with van der Waals surface area (Å²) in [5.74, 6) is -0.147. The van der Waals surface area contributed by atoms with Crippen LogP contribution in [0.5, 0.6) is 5.75 Å². The number of alkyl halides is 3. The number of hydrogen-bond donors (Lipinski definition) is 0. The van der Waals surface area contributed by atoms with Gasteiger partial charge in [0.2, 0.25) is 0 Å². The van der Waals surface area contributed by atoms with E-state index >= 15 is 0 Å². The maximum absolute atomic E-state index is 13.2. The van der Waals surface area contributed by atoms with Crippen molar-refractivity contribution in [3.8, 4) is 17.1 Å². The molecule has 5 rings (SSSR count). The number of halogens is 4. The predicted octanol–water partition coefficient (Wildman–Crippen LogP) is 5.96. The van der Waals surface area contributed by atoms with Gasteiger partial charge in [0, 0.05) is 22.2 Å². The molecule has 0 radical (unpaired) electrons. The Morgan fingerprint density at radius 1 is 1.07 bits per heavy atom. The molecule has 0 unspecified atom stereocenters. The van der Waals surface area contributed by atoms with E-state index in [0.717, 1.165) is 12.1 Å². The summed E-state index contributed by atoms with van der Waals surface area (Å²) in [5, 5.41) is 0.817. The lowest BCUT2D eigenvalue weighted by Crippen LogP contribution is -2.09. The van der Waals surface area contributed by atoms with Gasteiger partial charge in [-0.1, -0.05) is 29.8 Å². The summed E-state index contributed by atoms with van der Waals surface area (Å²) >= 11 is 6.19. The Morgan fingerprint density at radius 3 is 2.63 bits per heavy atom. The smallest absolute Gasteiger partial charge is 0.416 e. The summed E-state index contributed by atoms with van der Waals surface area (Å²) in [6.07, 6.45) is -2.92. The minimum absolute atomic E-state index is 0.0500. The molecule has 0 bridgehead atoms. The molecule has 3 heterocycles. The Hall–Kier alpha value is -3.32. The standard InChI is InChI=1S/C22H12ClF3N2O2/c23-15-5-2-1-4-12(15)11-30-20-14-8-7-13(22(24,25)26)10-16(14)27-19-17-6-3-9-28(17)21(29)18(19)20/h1-10H,11H2. The van der Waals surface area contributed by atoms with Gasteiger partial charge >= 0.3 is 6.18 Å². The van der Waals surface area contributed by atoms with Crippen LogP contribution in [0, 0.1) is 0 Å². The van der Waals surface area contributed by atoms with Crippen molar-refractivity contribution in [1.82, 2.24) is 9.55 Å². The first kappa shape index (κ1) is 18.7. The molecule has 2 aromatic carbocycles. The van der Waals surface area contributed by atoms with Crippen LogP contribution in [-0.4, -0.2) is 15.5 Å². The molecule has 4 aromatic rings. The van der Waals surface area contributed by atoms with E-state index in [2.05, 4.69) is 4.98 Å². The van der Waals surface area contributed by atoms with Crippen LogP contribution in [0.2, 0.25) is 5.02 Å². The summed E-state index contributed by atoms with van der Waals surface area (Å²) in [7, 11) is 0. The van der Waals surface area contributed by atoms with E-state index in [1.54, 1.807) is 42.6 Å². The van der Waals surface area contributed by atoms with E-state index in [-0.39, 0.29) is 29.3 Å². The number of aromatic nitrogens is 2. The average molecular weight is 429 g/mol. The first-order valence-electron chi connectivity index (χ1n) is 8.98. The monoisotopic (exact) mass is 428 g/mol. The minimum Gasteiger partial charge on any atom is -0.487 e. The first-order valence-corrected chi connectivity index (χ1v) is 9.36. The fraction of sp³-hybridized carbons (Fsp3) is 0.0909. The van der Waals surface area contributed by atoms with Crippen molar-refractivity contribution >= 4 is 28.4 Å². The van der Waals surface area contributed by atoms with E-state index in [9.17, 15) is 18.0 Å². The van der Waals surface area contributed by atoms with Crippen LogP contribution in [-0.2, 0) is 12.8 Å². The molecular formula is C22H12ClF3N2O2. The van der Waals surface area contributed by atoms with E-state index in [1.807, 2.05) is 0 Å². The number of carbonyl (C=O) groups excluding carboxylic acids is 1. The van der Waals surface area contributed by atoms with E-state index in [4.69, 9.17) is 16.3 Å². The molecule has 4 nitrogen and oxygen atoms in total. The molecule has 0 fully saturated rings. The van der Waals surface area contributed by atoms with Gasteiger partial charge in [-0.05, 0) is 36.4 Å². The van der Waals surface area contributed by atoms with Crippen molar-refractivity contribution in [3.63, 3.8) is 0 Å². The predicted molar refractivity (Wildman–Crippen MR) is 106 cm³/mol. The topological polar surface area (TPSA) is 44.1 Å². The molecule has 1 aliphatic heterocycles. The van der Waals surface area contributed by atoms with Gasteiger partial charge in [-0.3, -0.25) is 9.36 Å². The zero-order chi connectivity index (χ0) is 21.0. The number of rotatable bonds is 3. The molecule has 8 heteroatoms. The van der Waals surface area contributed by atoms with Gasteiger partial charge in [-0.2, -0.15) is 13.2 Å². The summed E-state index contributed by atoms with van der Waals surface area (Å²) in [6, 6.07) is 13.6. The third kappa shape index (κ3) is 2.85. The van der Waals surface area contributed by atoms with Crippen molar-refractivity contribution in [1.29, 1.82) is 0 Å². The fourth-order valence-electron chi connectivity index (χ4n) is 3.58. The number of pyridine rings is 1. The quantitative estimate of drug-likeness (QED) is 0.356. The summed E-state index contributed by atoms with van der Waals surface area (Å²) < 4.78 is 47.1. The fourth-order valence-corrected chi connectivity index (χ4v) is 3.77. The molecule has 0 aliphatic carbocycles. The number of fused-ring (bicyclic) bond motifs is 4. The van der Waals surface area contributed by atoms with Crippen LogP contribution in [0.15, 0.2) is 60.8 Å². The maximum Gasteiger partial charge on any atom is 0.416 e. The van der Waals surface area contributed by atoms with Crippen LogP contribution < -0.4 is 4.74 Å². The number of ether oxygens (including phenoxy) is 1. The molecule has 0 atom stereocenters. The van der Waals surface area contributed by atoms with Crippen LogP contribution in [0.4, 0.5) is 13.2 Å². The number of nitrogens with zero attached hydrogens (tertiary/aromatic N) is 2. The Balaban J connectivity index is 1.71. The van der Waals surface area contributed by atoms with Crippen molar-refractivity contribution in [3.05, 3.63) is 82.5 Å². The first-order chi connectivity index (χ1) is 14.3. The van der Waals surface area contributed by atoms with Gasteiger partial charge < -0.3 is 4.74 Å². The molecule has 2 aromatic heterocycles. The lowest BCUT2D eigenvalue weighted by molar-refractivity contribution is -0.137. The molecular weight excluding hydrogens is 417 g/mol. The second-order valence-electron chi connectivity index (χ2n) is 6.84. The second kappa shape index (κ2) is 6.60. The van der Waals surface area contributed by atoms with Crippen LogP contribution in [0.25, 0.3) is 22.3 Å². The molecule has 0 spiro atoms. The van der Waals surface area contributed by atoms with Crippen molar-refractivity contribution < 1.29 is 22.7 Å². The van der Waals surface area contributed by atoms with E-state index in [1.165, 1.54) is 10.6 Å². The van der Waals surface area contributed by atoms with Crippen LogP contribution >= 0.6 is 11.6 Å². The average Bonchev–Trinajstić information content (AvgIpc) is 3.29.